The molecule has 0 aliphatic rings. The number of benzene rings is 2. The van der Waals surface area contributed by atoms with Gasteiger partial charge in [0.2, 0.25) is 10.0 Å². The third kappa shape index (κ3) is 5.92. The Morgan fingerprint density at radius 3 is 2.00 bits per heavy atom. The van der Waals surface area contributed by atoms with Gasteiger partial charge >= 0.3 is 0 Å². The van der Waals surface area contributed by atoms with Crippen LogP contribution in [0.1, 0.15) is 5.56 Å². The number of hydrogen-bond acceptors (Lipinski definition) is 4. The highest BCUT2D eigenvalue weighted by molar-refractivity contribution is 7.92. The van der Waals surface area contributed by atoms with Gasteiger partial charge in [-0.25, -0.2) is 8.42 Å². The molecule has 0 aliphatic heterocycles. The lowest BCUT2D eigenvalue weighted by Crippen LogP contribution is -2.26. The van der Waals surface area contributed by atoms with Crippen LogP contribution in [-0.2, 0) is 10.0 Å². The molecule has 0 atom stereocenters. The molecule has 0 amide bonds. The molecule has 0 saturated heterocycles. The normalized spacial score (nSPS) is 11.5. The van der Waals surface area contributed by atoms with Gasteiger partial charge in [-0.15, -0.1) is 0 Å². The van der Waals surface area contributed by atoms with E-state index in [0.29, 0.717) is 18.0 Å². The number of anilines is 1. The molecule has 0 aliphatic carbocycles. The van der Waals surface area contributed by atoms with Gasteiger partial charge in [0.1, 0.15) is 11.5 Å². The van der Waals surface area contributed by atoms with Gasteiger partial charge in [0.05, 0.1) is 5.75 Å². The minimum Gasteiger partial charge on any atom is -0.457 e. The van der Waals surface area contributed by atoms with Crippen LogP contribution in [0.4, 0.5) is 5.69 Å². The number of sulfonamides is 1. The van der Waals surface area contributed by atoms with Crippen LogP contribution in [-0.4, -0.2) is 39.7 Å². The van der Waals surface area contributed by atoms with E-state index >= 15 is 0 Å². The first-order chi connectivity index (χ1) is 10.8. The Labute approximate surface area is 137 Å². The van der Waals surface area contributed by atoms with Crippen molar-refractivity contribution >= 4 is 15.7 Å². The van der Waals surface area contributed by atoms with Crippen LogP contribution < -0.4 is 9.46 Å². The molecule has 2 aromatic rings. The molecule has 23 heavy (non-hydrogen) atoms. The van der Waals surface area contributed by atoms with Gasteiger partial charge in [-0.3, -0.25) is 4.72 Å². The standard InChI is InChI=1S/C17H22N2O3S/c1-14-4-8-16(9-5-14)22-17-10-6-15(7-11-17)18-23(20,21)13-12-19(2)3/h4-11,18H,12-13H2,1-3H3. The molecule has 0 unspecified atom stereocenters. The molecule has 0 bridgehead atoms. The summed E-state index contributed by atoms with van der Waals surface area (Å²) in [5.74, 6) is 1.46. The van der Waals surface area contributed by atoms with E-state index in [9.17, 15) is 8.42 Å². The largest absolute Gasteiger partial charge is 0.457 e. The maximum atomic E-state index is 11.9. The molecular formula is C17H22N2O3S. The summed E-state index contributed by atoms with van der Waals surface area (Å²) in [6, 6.07) is 14.6. The quantitative estimate of drug-likeness (QED) is 0.845. The van der Waals surface area contributed by atoms with Gasteiger partial charge in [0, 0.05) is 12.2 Å². The molecule has 1 N–H and O–H groups in total. The Morgan fingerprint density at radius 1 is 0.957 bits per heavy atom. The van der Waals surface area contributed by atoms with Crippen molar-refractivity contribution in [3.05, 3.63) is 54.1 Å². The lowest BCUT2D eigenvalue weighted by Gasteiger charge is -2.12. The van der Waals surface area contributed by atoms with E-state index < -0.39 is 10.0 Å². The summed E-state index contributed by atoms with van der Waals surface area (Å²) < 4.78 is 32.2. The van der Waals surface area contributed by atoms with Gasteiger partial charge in [0.15, 0.2) is 0 Å². The smallest absolute Gasteiger partial charge is 0.233 e. The first-order valence-corrected chi connectivity index (χ1v) is 8.99. The molecule has 0 fully saturated rings. The van der Waals surface area contributed by atoms with Gasteiger partial charge in [-0.05, 0) is 57.4 Å². The van der Waals surface area contributed by atoms with Crippen molar-refractivity contribution in [2.75, 3.05) is 31.1 Å². The summed E-state index contributed by atoms with van der Waals surface area (Å²) in [4.78, 5) is 1.83. The monoisotopic (exact) mass is 334 g/mol. The van der Waals surface area contributed by atoms with Gasteiger partial charge in [0.25, 0.3) is 0 Å². The SMILES string of the molecule is Cc1ccc(Oc2ccc(NS(=O)(=O)CCN(C)C)cc2)cc1. The fourth-order valence-electron chi connectivity index (χ4n) is 1.87. The number of nitrogens with zero attached hydrogens (tertiary/aromatic N) is 1. The lowest BCUT2D eigenvalue weighted by atomic mass is 10.2. The summed E-state index contributed by atoms with van der Waals surface area (Å²) in [7, 11) is 0.341. The average Bonchev–Trinajstić information content (AvgIpc) is 2.49. The first kappa shape index (κ1) is 17.3. The molecule has 0 heterocycles. The number of nitrogens with one attached hydrogen (secondary N) is 1. The van der Waals surface area contributed by atoms with E-state index in [1.807, 2.05) is 50.2 Å². The summed E-state index contributed by atoms with van der Waals surface area (Å²) in [6.07, 6.45) is 0. The maximum absolute atomic E-state index is 11.9. The highest BCUT2D eigenvalue weighted by atomic mass is 32.2. The van der Waals surface area contributed by atoms with Crippen LogP contribution in [0, 0.1) is 6.92 Å². The predicted molar refractivity (Wildman–Crippen MR) is 93.7 cm³/mol. The van der Waals surface area contributed by atoms with Crippen molar-refractivity contribution in [1.29, 1.82) is 0 Å². The molecule has 0 saturated carbocycles. The van der Waals surface area contributed by atoms with Gasteiger partial charge < -0.3 is 9.64 Å². The summed E-state index contributed by atoms with van der Waals surface area (Å²) in [5.41, 5.74) is 1.69. The maximum Gasteiger partial charge on any atom is 0.233 e. The van der Waals surface area contributed by atoms with E-state index in [-0.39, 0.29) is 5.75 Å². The van der Waals surface area contributed by atoms with Crippen molar-refractivity contribution in [1.82, 2.24) is 4.90 Å². The Morgan fingerprint density at radius 2 is 1.48 bits per heavy atom. The molecule has 124 valence electrons. The van der Waals surface area contributed by atoms with Crippen molar-refractivity contribution in [3.8, 4) is 11.5 Å². The Balaban J connectivity index is 1.97. The third-order valence-corrected chi connectivity index (χ3v) is 4.46. The minimum atomic E-state index is -3.34. The van der Waals surface area contributed by atoms with Crippen LogP contribution in [0.25, 0.3) is 0 Å². The van der Waals surface area contributed by atoms with Gasteiger partial charge in [-0.2, -0.15) is 0 Å². The van der Waals surface area contributed by atoms with E-state index in [4.69, 9.17) is 4.74 Å². The van der Waals surface area contributed by atoms with Crippen molar-refractivity contribution in [2.24, 2.45) is 0 Å². The lowest BCUT2D eigenvalue weighted by molar-refractivity contribution is 0.432. The van der Waals surface area contributed by atoms with Crippen LogP contribution >= 0.6 is 0 Å². The first-order valence-electron chi connectivity index (χ1n) is 7.34. The second-order valence-corrected chi connectivity index (χ2v) is 7.51. The summed E-state index contributed by atoms with van der Waals surface area (Å²) >= 11 is 0. The number of rotatable bonds is 7. The van der Waals surface area contributed by atoms with Crippen molar-refractivity contribution < 1.29 is 13.2 Å². The highest BCUT2D eigenvalue weighted by Crippen LogP contribution is 2.23. The van der Waals surface area contributed by atoms with E-state index in [0.717, 1.165) is 5.75 Å². The minimum absolute atomic E-state index is 0.0572. The molecule has 0 aromatic heterocycles. The predicted octanol–water partition coefficient (Wildman–Crippen LogP) is 3.09. The van der Waals surface area contributed by atoms with Crippen molar-refractivity contribution in [2.45, 2.75) is 6.92 Å². The molecule has 5 nitrogen and oxygen atoms in total. The zero-order chi connectivity index (χ0) is 16.9. The third-order valence-electron chi connectivity index (χ3n) is 3.19. The van der Waals surface area contributed by atoms with Crippen molar-refractivity contribution in [3.63, 3.8) is 0 Å². The van der Waals surface area contributed by atoms with Crippen LogP contribution in [0.3, 0.4) is 0 Å². The molecule has 2 aromatic carbocycles. The second-order valence-electron chi connectivity index (χ2n) is 5.66. The zero-order valence-corrected chi connectivity index (χ0v) is 14.4. The molecule has 6 heteroatoms. The molecule has 0 radical (unpaired) electrons. The van der Waals surface area contributed by atoms with Gasteiger partial charge in [-0.1, -0.05) is 17.7 Å². The van der Waals surface area contributed by atoms with Crippen LogP contribution in [0.2, 0.25) is 0 Å². The Bertz CT molecular complexity index is 723. The summed E-state index contributed by atoms with van der Waals surface area (Å²) in [6.45, 7) is 2.49. The fraction of sp³-hybridized carbons (Fsp3) is 0.294. The van der Waals surface area contributed by atoms with E-state index in [2.05, 4.69) is 4.72 Å². The van der Waals surface area contributed by atoms with Crippen LogP contribution in [0.5, 0.6) is 11.5 Å². The highest BCUT2D eigenvalue weighted by Gasteiger charge is 2.10. The Kier molecular flexibility index (Phi) is 5.63. The number of ether oxygens (including phenoxy) is 1. The van der Waals surface area contributed by atoms with E-state index in [1.54, 1.807) is 24.3 Å². The summed E-state index contributed by atoms with van der Waals surface area (Å²) in [5, 5.41) is 0. The average molecular weight is 334 g/mol. The topological polar surface area (TPSA) is 58.6 Å². The van der Waals surface area contributed by atoms with E-state index in [1.165, 1.54) is 5.56 Å². The molecular weight excluding hydrogens is 312 g/mol. The molecule has 2 rings (SSSR count). The van der Waals surface area contributed by atoms with Crippen LogP contribution in [0.15, 0.2) is 48.5 Å². The Hall–Kier alpha value is -2.05. The number of aryl methyl sites for hydroxylation is 1. The zero-order valence-electron chi connectivity index (χ0n) is 13.6. The second kappa shape index (κ2) is 7.48. The molecule has 0 spiro atoms. The number of hydrogen-bond donors (Lipinski definition) is 1. The fourth-order valence-corrected chi connectivity index (χ4v) is 3.07.